The van der Waals surface area contributed by atoms with E-state index in [-0.39, 0.29) is 0 Å². The lowest BCUT2D eigenvalue weighted by molar-refractivity contribution is 1.22. The minimum absolute atomic E-state index is 0.408. The van der Waals surface area contributed by atoms with Crippen molar-refractivity contribution in [1.29, 1.82) is 0 Å². The highest BCUT2D eigenvalue weighted by atomic mass is 15.1. The predicted octanol–water partition coefficient (Wildman–Crippen LogP) is 3.01. The minimum Gasteiger partial charge on any atom is -0.0899 e. The lowest BCUT2D eigenvalue weighted by atomic mass is 10.2. The van der Waals surface area contributed by atoms with E-state index >= 15 is 0 Å². The van der Waals surface area contributed by atoms with Crippen molar-refractivity contribution < 1.29 is 0 Å². The highest BCUT2D eigenvalue weighted by molar-refractivity contribution is 5.48. The van der Waals surface area contributed by atoms with Crippen molar-refractivity contribution in [3.8, 4) is 0 Å². The standard InChI is InChI=1S/C9H9N3/c10-12-11-8-4-7-9-5-2-1-3-6-9/h1-7H,8H2/b7-4+. The Kier molecular flexibility index (Phi) is 3.48. The average Bonchev–Trinajstić information content (AvgIpc) is 2.14. The third-order valence-corrected chi connectivity index (χ3v) is 1.36. The fraction of sp³-hybridized carbons (Fsp3) is 0.111. The third-order valence-electron chi connectivity index (χ3n) is 1.36. The second-order valence-electron chi connectivity index (χ2n) is 2.23. The average molecular weight is 159 g/mol. The van der Waals surface area contributed by atoms with Gasteiger partial charge in [0.1, 0.15) is 0 Å². The van der Waals surface area contributed by atoms with Gasteiger partial charge in [0, 0.05) is 11.5 Å². The first kappa shape index (κ1) is 8.37. The molecule has 0 heterocycles. The van der Waals surface area contributed by atoms with Crippen molar-refractivity contribution in [1.82, 2.24) is 0 Å². The van der Waals surface area contributed by atoms with Gasteiger partial charge in [0.15, 0.2) is 0 Å². The first-order chi connectivity index (χ1) is 5.93. The molecule has 0 unspecified atom stereocenters. The van der Waals surface area contributed by atoms with Crippen LogP contribution in [0.1, 0.15) is 5.56 Å². The number of benzene rings is 1. The molecule has 12 heavy (non-hydrogen) atoms. The SMILES string of the molecule is [N-]=[N+]=NC/C=C/c1ccccc1. The van der Waals surface area contributed by atoms with Crippen molar-refractivity contribution in [2.75, 3.05) is 6.54 Å². The molecule has 0 aliphatic carbocycles. The van der Waals surface area contributed by atoms with E-state index in [1.165, 1.54) is 0 Å². The van der Waals surface area contributed by atoms with Crippen LogP contribution in [-0.4, -0.2) is 6.54 Å². The Balaban J connectivity index is 2.52. The highest BCUT2D eigenvalue weighted by Crippen LogP contribution is 2.00. The van der Waals surface area contributed by atoms with Gasteiger partial charge in [-0.25, -0.2) is 0 Å². The Hall–Kier alpha value is -1.73. The van der Waals surface area contributed by atoms with Gasteiger partial charge in [0.05, 0.1) is 0 Å². The molecule has 3 heteroatoms. The Labute approximate surface area is 71.0 Å². The van der Waals surface area contributed by atoms with Crippen molar-refractivity contribution in [2.24, 2.45) is 5.11 Å². The van der Waals surface area contributed by atoms with Crippen LogP contribution in [-0.2, 0) is 0 Å². The molecule has 1 rings (SSSR count). The van der Waals surface area contributed by atoms with Crippen LogP contribution in [0.15, 0.2) is 41.5 Å². The fourth-order valence-corrected chi connectivity index (χ4v) is 0.837. The smallest absolute Gasteiger partial charge is 0.0443 e. The maximum Gasteiger partial charge on any atom is 0.0443 e. The molecule has 0 amide bonds. The summed E-state index contributed by atoms with van der Waals surface area (Å²) in [5.41, 5.74) is 9.10. The van der Waals surface area contributed by atoms with Gasteiger partial charge in [0.2, 0.25) is 0 Å². The monoisotopic (exact) mass is 159 g/mol. The van der Waals surface area contributed by atoms with Crippen LogP contribution in [0.4, 0.5) is 0 Å². The molecule has 0 fully saturated rings. The van der Waals surface area contributed by atoms with E-state index in [9.17, 15) is 0 Å². The quantitative estimate of drug-likeness (QED) is 0.370. The molecule has 0 aliphatic rings. The van der Waals surface area contributed by atoms with E-state index < -0.39 is 0 Å². The van der Waals surface area contributed by atoms with Crippen LogP contribution in [0.3, 0.4) is 0 Å². The lowest BCUT2D eigenvalue weighted by Crippen LogP contribution is -1.70. The summed E-state index contributed by atoms with van der Waals surface area (Å²) >= 11 is 0. The summed E-state index contributed by atoms with van der Waals surface area (Å²) in [6.07, 6.45) is 3.75. The Morgan fingerprint density at radius 1 is 1.33 bits per heavy atom. The molecule has 1 aromatic carbocycles. The second kappa shape index (κ2) is 4.99. The van der Waals surface area contributed by atoms with Gasteiger partial charge in [-0.15, -0.1) is 0 Å². The van der Waals surface area contributed by atoms with E-state index in [1.807, 2.05) is 42.5 Å². The molecule has 0 atom stereocenters. The molecule has 0 bridgehead atoms. The second-order valence-corrected chi connectivity index (χ2v) is 2.23. The number of nitrogens with zero attached hydrogens (tertiary/aromatic N) is 3. The van der Waals surface area contributed by atoms with Gasteiger partial charge in [-0.1, -0.05) is 47.6 Å². The van der Waals surface area contributed by atoms with E-state index in [0.717, 1.165) is 5.56 Å². The summed E-state index contributed by atoms with van der Waals surface area (Å²) in [6.45, 7) is 0.408. The zero-order valence-corrected chi connectivity index (χ0v) is 6.59. The van der Waals surface area contributed by atoms with Crippen LogP contribution < -0.4 is 0 Å². The summed E-state index contributed by atoms with van der Waals surface area (Å²) in [4.78, 5) is 2.64. The Morgan fingerprint density at radius 3 is 2.75 bits per heavy atom. The predicted molar refractivity (Wildman–Crippen MR) is 49.5 cm³/mol. The first-order valence-electron chi connectivity index (χ1n) is 3.66. The van der Waals surface area contributed by atoms with Gasteiger partial charge < -0.3 is 0 Å². The van der Waals surface area contributed by atoms with E-state index in [1.54, 1.807) is 0 Å². The molecule has 60 valence electrons. The molecule has 0 saturated heterocycles. The van der Waals surface area contributed by atoms with E-state index in [4.69, 9.17) is 5.53 Å². The molecule has 0 aromatic heterocycles. The molecule has 0 spiro atoms. The van der Waals surface area contributed by atoms with E-state index in [0.29, 0.717) is 6.54 Å². The summed E-state index contributed by atoms with van der Waals surface area (Å²) in [5.74, 6) is 0. The largest absolute Gasteiger partial charge is 0.0899 e. The lowest BCUT2D eigenvalue weighted by Gasteiger charge is -1.88. The summed E-state index contributed by atoms with van der Waals surface area (Å²) in [6, 6.07) is 9.88. The maximum atomic E-state index is 7.99. The highest BCUT2D eigenvalue weighted by Gasteiger charge is 1.80. The number of azide groups is 1. The molecule has 1 aromatic rings. The summed E-state index contributed by atoms with van der Waals surface area (Å²) in [5, 5.41) is 3.38. The van der Waals surface area contributed by atoms with Crippen LogP contribution in [0.25, 0.3) is 16.5 Å². The molecular weight excluding hydrogens is 150 g/mol. The number of rotatable bonds is 3. The Morgan fingerprint density at radius 2 is 2.08 bits per heavy atom. The normalized spacial score (nSPS) is 9.67. The Bertz CT molecular complexity index is 297. The van der Waals surface area contributed by atoms with Crippen LogP contribution in [0.5, 0.6) is 0 Å². The van der Waals surface area contributed by atoms with Gasteiger partial charge >= 0.3 is 0 Å². The van der Waals surface area contributed by atoms with Gasteiger partial charge in [-0.2, -0.15) is 0 Å². The van der Waals surface area contributed by atoms with Gasteiger partial charge in [0.25, 0.3) is 0 Å². The molecule has 0 aliphatic heterocycles. The van der Waals surface area contributed by atoms with Gasteiger partial charge in [-0.3, -0.25) is 0 Å². The van der Waals surface area contributed by atoms with Crippen LogP contribution in [0.2, 0.25) is 0 Å². The topological polar surface area (TPSA) is 48.8 Å². The van der Waals surface area contributed by atoms with Crippen molar-refractivity contribution >= 4 is 6.08 Å². The van der Waals surface area contributed by atoms with Crippen molar-refractivity contribution in [3.63, 3.8) is 0 Å². The third kappa shape index (κ3) is 2.90. The zero-order chi connectivity index (χ0) is 8.65. The zero-order valence-electron chi connectivity index (χ0n) is 6.59. The number of hydrogen-bond acceptors (Lipinski definition) is 1. The molecule has 0 radical (unpaired) electrons. The number of hydrogen-bond donors (Lipinski definition) is 0. The first-order valence-corrected chi connectivity index (χ1v) is 3.66. The van der Waals surface area contributed by atoms with Crippen LogP contribution >= 0.6 is 0 Å². The van der Waals surface area contributed by atoms with Gasteiger partial charge in [-0.05, 0) is 11.1 Å². The molecular formula is C9H9N3. The fourth-order valence-electron chi connectivity index (χ4n) is 0.837. The van der Waals surface area contributed by atoms with E-state index in [2.05, 4.69) is 10.0 Å². The summed E-state index contributed by atoms with van der Waals surface area (Å²) < 4.78 is 0. The maximum absolute atomic E-state index is 7.99. The minimum atomic E-state index is 0.408. The molecule has 3 nitrogen and oxygen atoms in total. The summed E-state index contributed by atoms with van der Waals surface area (Å²) in [7, 11) is 0. The van der Waals surface area contributed by atoms with Crippen molar-refractivity contribution in [2.45, 2.75) is 0 Å². The molecule has 0 saturated carbocycles. The molecule has 0 N–H and O–H groups in total. The van der Waals surface area contributed by atoms with Crippen LogP contribution in [0, 0.1) is 0 Å². The van der Waals surface area contributed by atoms with Crippen molar-refractivity contribution in [3.05, 3.63) is 52.4 Å².